The highest BCUT2D eigenvalue weighted by molar-refractivity contribution is 7.89. The SMILES string of the molecule is O=S(=O)(NC(/C=C/c1ccccc1)c1ccccc1)c1ccc(Cl)cc1. The van der Waals surface area contributed by atoms with E-state index < -0.39 is 16.1 Å². The molecule has 0 aliphatic carbocycles. The Labute approximate surface area is 159 Å². The highest BCUT2D eigenvalue weighted by atomic mass is 35.5. The van der Waals surface area contributed by atoms with E-state index in [1.165, 1.54) is 12.1 Å². The van der Waals surface area contributed by atoms with Gasteiger partial charge in [0.25, 0.3) is 0 Å². The molecule has 0 saturated heterocycles. The number of benzene rings is 3. The fourth-order valence-corrected chi connectivity index (χ4v) is 3.80. The van der Waals surface area contributed by atoms with E-state index >= 15 is 0 Å². The van der Waals surface area contributed by atoms with Gasteiger partial charge < -0.3 is 0 Å². The van der Waals surface area contributed by atoms with E-state index in [4.69, 9.17) is 11.6 Å². The van der Waals surface area contributed by atoms with Gasteiger partial charge in [0.05, 0.1) is 10.9 Å². The average molecular weight is 384 g/mol. The van der Waals surface area contributed by atoms with Crippen LogP contribution in [0.5, 0.6) is 0 Å². The quantitative estimate of drug-likeness (QED) is 0.645. The zero-order valence-electron chi connectivity index (χ0n) is 13.9. The van der Waals surface area contributed by atoms with Crippen LogP contribution in [0.25, 0.3) is 6.08 Å². The Morgan fingerprint density at radius 3 is 2.00 bits per heavy atom. The van der Waals surface area contributed by atoms with Gasteiger partial charge in [-0.3, -0.25) is 0 Å². The first-order chi connectivity index (χ1) is 12.5. The topological polar surface area (TPSA) is 46.2 Å². The molecular weight excluding hydrogens is 366 g/mol. The third-order valence-electron chi connectivity index (χ3n) is 3.85. The lowest BCUT2D eigenvalue weighted by Crippen LogP contribution is -2.27. The Morgan fingerprint density at radius 1 is 0.808 bits per heavy atom. The minimum Gasteiger partial charge on any atom is -0.207 e. The lowest BCUT2D eigenvalue weighted by molar-refractivity contribution is 0.574. The molecule has 132 valence electrons. The summed E-state index contributed by atoms with van der Waals surface area (Å²) in [5.41, 5.74) is 1.86. The molecule has 5 heteroatoms. The molecular formula is C21H18ClNO2S. The zero-order chi connectivity index (χ0) is 18.4. The molecule has 3 aromatic rings. The molecule has 1 unspecified atom stereocenters. The molecule has 1 atom stereocenters. The van der Waals surface area contributed by atoms with Crippen molar-refractivity contribution in [2.45, 2.75) is 10.9 Å². The number of nitrogens with one attached hydrogen (secondary N) is 1. The van der Waals surface area contributed by atoms with Crippen molar-refractivity contribution in [3.05, 3.63) is 107 Å². The first-order valence-corrected chi connectivity index (χ1v) is 9.97. The van der Waals surface area contributed by atoms with Gasteiger partial charge in [0.1, 0.15) is 0 Å². The summed E-state index contributed by atoms with van der Waals surface area (Å²) in [4.78, 5) is 0.177. The van der Waals surface area contributed by atoms with Crippen LogP contribution in [0, 0.1) is 0 Å². The molecule has 0 radical (unpaired) electrons. The summed E-state index contributed by atoms with van der Waals surface area (Å²) in [5, 5.41) is 0.493. The number of hydrogen-bond acceptors (Lipinski definition) is 2. The maximum atomic E-state index is 12.8. The molecule has 0 aromatic heterocycles. The summed E-state index contributed by atoms with van der Waals surface area (Å²) in [6.45, 7) is 0. The summed E-state index contributed by atoms with van der Waals surface area (Å²) in [6.07, 6.45) is 3.75. The summed E-state index contributed by atoms with van der Waals surface area (Å²) in [7, 11) is -3.69. The van der Waals surface area contributed by atoms with E-state index in [0.717, 1.165) is 11.1 Å². The van der Waals surface area contributed by atoms with Crippen LogP contribution >= 0.6 is 11.6 Å². The Morgan fingerprint density at radius 2 is 1.38 bits per heavy atom. The molecule has 0 fully saturated rings. The fraction of sp³-hybridized carbons (Fsp3) is 0.0476. The van der Waals surface area contributed by atoms with Gasteiger partial charge in [0, 0.05) is 5.02 Å². The van der Waals surface area contributed by atoms with Crippen LogP contribution in [0.15, 0.2) is 95.9 Å². The molecule has 0 heterocycles. The molecule has 3 aromatic carbocycles. The molecule has 3 rings (SSSR count). The van der Waals surface area contributed by atoms with Crippen molar-refractivity contribution >= 4 is 27.7 Å². The Kier molecular flexibility index (Phi) is 5.89. The third-order valence-corrected chi connectivity index (χ3v) is 5.55. The van der Waals surface area contributed by atoms with Crippen LogP contribution in [-0.4, -0.2) is 8.42 Å². The largest absolute Gasteiger partial charge is 0.241 e. The van der Waals surface area contributed by atoms with Crippen molar-refractivity contribution in [3.8, 4) is 0 Å². The molecule has 1 N–H and O–H groups in total. The average Bonchev–Trinajstić information content (AvgIpc) is 2.67. The molecule has 26 heavy (non-hydrogen) atoms. The van der Waals surface area contributed by atoms with E-state index in [9.17, 15) is 8.42 Å². The maximum Gasteiger partial charge on any atom is 0.241 e. The maximum absolute atomic E-state index is 12.8. The standard InChI is InChI=1S/C21H18ClNO2S/c22-19-12-14-20(15-13-19)26(24,25)23-21(18-9-5-2-6-10-18)16-11-17-7-3-1-4-8-17/h1-16,21,23H/b16-11+. The highest BCUT2D eigenvalue weighted by Gasteiger charge is 2.19. The molecule has 0 amide bonds. The third kappa shape index (κ3) is 4.82. The zero-order valence-corrected chi connectivity index (χ0v) is 15.5. The lowest BCUT2D eigenvalue weighted by Gasteiger charge is -2.16. The molecule has 0 bridgehead atoms. The van der Waals surface area contributed by atoms with Gasteiger partial charge in [-0.05, 0) is 35.4 Å². The molecule has 0 saturated carbocycles. The second kappa shape index (κ2) is 8.32. The van der Waals surface area contributed by atoms with Gasteiger partial charge >= 0.3 is 0 Å². The summed E-state index contributed by atoms with van der Waals surface area (Å²) in [6, 6.07) is 24.8. The van der Waals surface area contributed by atoms with E-state index in [-0.39, 0.29) is 4.90 Å². The van der Waals surface area contributed by atoms with E-state index in [0.29, 0.717) is 5.02 Å². The van der Waals surface area contributed by atoms with E-state index in [2.05, 4.69) is 4.72 Å². The molecule has 3 nitrogen and oxygen atoms in total. The molecule has 0 aliphatic rings. The second-order valence-electron chi connectivity index (χ2n) is 5.73. The van der Waals surface area contributed by atoms with Crippen molar-refractivity contribution in [2.75, 3.05) is 0 Å². The number of sulfonamides is 1. The van der Waals surface area contributed by atoms with Crippen molar-refractivity contribution in [2.24, 2.45) is 0 Å². The number of hydrogen-bond donors (Lipinski definition) is 1. The first-order valence-electron chi connectivity index (χ1n) is 8.11. The number of halogens is 1. The normalized spacial score (nSPS) is 13.0. The van der Waals surface area contributed by atoms with Crippen LogP contribution in [0.4, 0.5) is 0 Å². The van der Waals surface area contributed by atoms with Crippen molar-refractivity contribution in [1.82, 2.24) is 4.72 Å². The smallest absolute Gasteiger partial charge is 0.207 e. The summed E-state index contributed by atoms with van der Waals surface area (Å²) in [5.74, 6) is 0. The first kappa shape index (κ1) is 18.4. The minimum atomic E-state index is -3.69. The minimum absolute atomic E-state index is 0.177. The van der Waals surface area contributed by atoms with Gasteiger partial charge in [-0.15, -0.1) is 0 Å². The van der Waals surface area contributed by atoms with Crippen LogP contribution < -0.4 is 4.72 Å². The van der Waals surface area contributed by atoms with Crippen LogP contribution in [0.1, 0.15) is 17.2 Å². The van der Waals surface area contributed by atoms with Gasteiger partial charge in [0.15, 0.2) is 0 Å². The summed E-state index contributed by atoms with van der Waals surface area (Å²) >= 11 is 5.85. The Bertz CT molecular complexity index is 970. The van der Waals surface area contributed by atoms with Gasteiger partial charge in [-0.25, -0.2) is 8.42 Å². The van der Waals surface area contributed by atoms with E-state index in [1.54, 1.807) is 12.1 Å². The van der Waals surface area contributed by atoms with Crippen molar-refractivity contribution < 1.29 is 8.42 Å². The van der Waals surface area contributed by atoms with Gasteiger partial charge in [0.2, 0.25) is 10.0 Å². The number of rotatable bonds is 6. The van der Waals surface area contributed by atoms with Crippen molar-refractivity contribution in [3.63, 3.8) is 0 Å². The predicted octanol–water partition coefficient (Wildman–Crippen LogP) is 5.07. The Hall–Kier alpha value is -2.40. The van der Waals surface area contributed by atoms with E-state index in [1.807, 2.05) is 72.8 Å². The fourth-order valence-electron chi connectivity index (χ4n) is 2.50. The monoisotopic (exact) mass is 383 g/mol. The van der Waals surface area contributed by atoms with Crippen LogP contribution in [0.3, 0.4) is 0 Å². The molecule has 0 aliphatic heterocycles. The van der Waals surface area contributed by atoms with Crippen molar-refractivity contribution in [1.29, 1.82) is 0 Å². The summed E-state index contributed by atoms with van der Waals surface area (Å²) < 4.78 is 28.3. The Balaban J connectivity index is 1.91. The van der Waals surface area contributed by atoms with Gasteiger partial charge in [-0.1, -0.05) is 84.4 Å². The lowest BCUT2D eigenvalue weighted by atomic mass is 10.1. The molecule has 0 spiro atoms. The highest BCUT2D eigenvalue weighted by Crippen LogP contribution is 2.21. The van der Waals surface area contributed by atoms with Crippen LogP contribution in [-0.2, 0) is 10.0 Å². The predicted molar refractivity (Wildman–Crippen MR) is 106 cm³/mol. The second-order valence-corrected chi connectivity index (χ2v) is 7.88. The van der Waals surface area contributed by atoms with Gasteiger partial charge in [-0.2, -0.15) is 4.72 Å². The van der Waals surface area contributed by atoms with Crippen LogP contribution in [0.2, 0.25) is 5.02 Å².